The molecule has 0 aliphatic rings. The number of hydrogen-bond donors (Lipinski definition) is 2. The van der Waals surface area contributed by atoms with E-state index in [9.17, 15) is 9.18 Å². The van der Waals surface area contributed by atoms with Crippen LogP contribution in [-0.4, -0.2) is 22.8 Å². The summed E-state index contributed by atoms with van der Waals surface area (Å²) in [6, 6.07) is 9.62. The highest BCUT2D eigenvalue weighted by Crippen LogP contribution is 2.14. The molecule has 1 heterocycles. The van der Waals surface area contributed by atoms with E-state index in [0.717, 1.165) is 0 Å². The molecule has 0 unspecified atom stereocenters. The van der Waals surface area contributed by atoms with Crippen molar-refractivity contribution < 1.29 is 9.18 Å². The zero-order valence-electron chi connectivity index (χ0n) is 11.9. The van der Waals surface area contributed by atoms with Crippen molar-refractivity contribution in [3.63, 3.8) is 0 Å². The van der Waals surface area contributed by atoms with Crippen LogP contribution in [-0.2, 0) is 6.54 Å². The maximum absolute atomic E-state index is 13.6. The fourth-order valence-corrected chi connectivity index (χ4v) is 2.04. The second-order valence-corrected chi connectivity index (χ2v) is 4.78. The van der Waals surface area contributed by atoms with E-state index in [0.29, 0.717) is 22.6 Å². The number of nitrogens with two attached hydrogens (primary N) is 1. The average Bonchev–Trinajstić information content (AvgIpc) is 2.48. The lowest BCUT2D eigenvalue weighted by Gasteiger charge is -2.18. The number of anilines is 1. The molecule has 1 amide bonds. The molecule has 3 N–H and O–H groups in total. The first-order valence-electron chi connectivity index (χ1n) is 6.45. The first-order chi connectivity index (χ1) is 10.0. The minimum Gasteiger partial charge on any atom is -0.337 e. The highest BCUT2D eigenvalue weighted by Gasteiger charge is 2.15. The van der Waals surface area contributed by atoms with Gasteiger partial charge in [0.2, 0.25) is 0 Å². The number of nitrogens with one attached hydrogen (secondary N) is 1. The van der Waals surface area contributed by atoms with Gasteiger partial charge in [0.25, 0.3) is 5.91 Å². The van der Waals surface area contributed by atoms with Gasteiger partial charge in [-0.1, -0.05) is 18.2 Å². The third-order valence-corrected chi connectivity index (χ3v) is 3.06. The predicted molar refractivity (Wildman–Crippen MR) is 79.0 cm³/mol. The molecule has 110 valence electrons. The molecular formula is C15H17FN4O. The molecule has 0 saturated carbocycles. The van der Waals surface area contributed by atoms with Gasteiger partial charge in [-0.3, -0.25) is 4.79 Å². The number of carbonyl (C=O) groups is 1. The third kappa shape index (κ3) is 3.55. The molecule has 0 saturated heterocycles. The van der Waals surface area contributed by atoms with Crippen LogP contribution in [0.15, 0.2) is 36.4 Å². The molecule has 6 heteroatoms. The first kappa shape index (κ1) is 14.9. The maximum Gasteiger partial charge on any atom is 0.254 e. The second-order valence-electron chi connectivity index (χ2n) is 4.78. The van der Waals surface area contributed by atoms with E-state index in [2.05, 4.69) is 10.4 Å². The van der Waals surface area contributed by atoms with Crippen molar-refractivity contribution >= 4 is 11.7 Å². The number of rotatable bonds is 4. The van der Waals surface area contributed by atoms with Crippen molar-refractivity contribution in [2.75, 3.05) is 12.5 Å². The molecule has 5 nitrogen and oxygen atoms in total. The highest BCUT2D eigenvalue weighted by atomic mass is 19.1. The molecular weight excluding hydrogens is 271 g/mol. The Morgan fingerprint density at radius 3 is 2.76 bits per heavy atom. The van der Waals surface area contributed by atoms with E-state index in [1.54, 1.807) is 44.3 Å². The quantitative estimate of drug-likeness (QED) is 0.667. The molecule has 0 spiro atoms. The number of benzene rings is 1. The van der Waals surface area contributed by atoms with Crippen LogP contribution in [0.2, 0.25) is 0 Å². The number of nitrogens with zero attached hydrogens (tertiary/aromatic N) is 2. The lowest BCUT2D eigenvalue weighted by atomic mass is 10.1. The standard InChI is InChI=1S/C15H17FN4O/c1-10-7-12(8-14(18-10)19-17)15(21)20(2)9-11-5-3-4-6-13(11)16/h3-8H,9,17H2,1-2H3,(H,18,19). The Morgan fingerprint density at radius 2 is 2.10 bits per heavy atom. The van der Waals surface area contributed by atoms with Gasteiger partial charge in [0.1, 0.15) is 11.6 Å². The van der Waals surface area contributed by atoms with Gasteiger partial charge in [-0.2, -0.15) is 0 Å². The van der Waals surface area contributed by atoms with Crippen LogP contribution in [0, 0.1) is 12.7 Å². The lowest BCUT2D eigenvalue weighted by molar-refractivity contribution is 0.0783. The number of halogens is 1. The molecule has 0 fully saturated rings. The van der Waals surface area contributed by atoms with E-state index in [1.165, 1.54) is 11.0 Å². The number of amides is 1. The van der Waals surface area contributed by atoms with Crippen LogP contribution in [0.1, 0.15) is 21.6 Å². The number of hydrazine groups is 1. The summed E-state index contributed by atoms with van der Waals surface area (Å²) in [7, 11) is 1.63. The van der Waals surface area contributed by atoms with E-state index < -0.39 is 0 Å². The van der Waals surface area contributed by atoms with E-state index in [-0.39, 0.29) is 18.3 Å². The fraction of sp³-hybridized carbons (Fsp3) is 0.200. The monoisotopic (exact) mass is 288 g/mol. The lowest BCUT2D eigenvalue weighted by Crippen LogP contribution is -2.27. The van der Waals surface area contributed by atoms with Crippen molar-refractivity contribution in [1.29, 1.82) is 0 Å². The Hall–Kier alpha value is -2.47. The van der Waals surface area contributed by atoms with Crippen molar-refractivity contribution in [3.8, 4) is 0 Å². The molecule has 0 radical (unpaired) electrons. The predicted octanol–water partition coefficient (Wildman–Crippen LogP) is 2.09. The number of nitrogen functional groups attached to an aromatic ring is 1. The summed E-state index contributed by atoms with van der Waals surface area (Å²) < 4.78 is 13.6. The Morgan fingerprint density at radius 1 is 1.38 bits per heavy atom. The highest BCUT2D eigenvalue weighted by molar-refractivity contribution is 5.94. The molecule has 2 aromatic rings. The number of carbonyl (C=O) groups excluding carboxylic acids is 1. The molecule has 21 heavy (non-hydrogen) atoms. The Bertz CT molecular complexity index is 660. The third-order valence-electron chi connectivity index (χ3n) is 3.06. The van der Waals surface area contributed by atoms with Crippen LogP contribution >= 0.6 is 0 Å². The average molecular weight is 288 g/mol. The van der Waals surface area contributed by atoms with Gasteiger partial charge in [0.15, 0.2) is 0 Å². The zero-order chi connectivity index (χ0) is 15.4. The largest absolute Gasteiger partial charge is 0.337 e. The number of aryl methyl sites for hydroxylation is 1. The minimum atomic E-state index is -0.327. The summed E-state index contributed by atoms with van der Waals surface area (Å²) in [4.78, 5) is 18.0. The molecule has 0 bridgehead atoms. The Balaban J connectivity index is 2.20. The Labute approximate surface area is 122 Å². The van der Waals surface area contributed by atoms with E-state index >= 15 is 0 Å². The summed E-state index contributed by atoms with van der Waals surface area (Å²) in [5.41, 5.74) is 4.01. The van der Waals surface area contributed by atoms with Crippen molar-refractivity contribution in [3.05, 3.63) is 59.0 Å². The van der Waals surface area contributed by atoms with Crippen LogP contribution in [0.3, 0.4) is 0 Å². The van der Waals surface area contributed by atoms with Gasteiger partial charge in [0, 0.05) is 30.4 Å². The molecule has 1 aromatic carbocycles. The summed E-state index contributed by atoms with van der Waals surface area (Å²) in [5, 5.41) is 0. The van der Waals surface area contributed by atoms with Crippen LogP contribution in [0.5, 0.6) is 0 Å². The Kier molecular flexibility index (Phi) is 4.49. The van der Waals surface area contributed by atoms with Gasteiger partial charge < -0.3 is 10.3 Å². The molecule has 2 rings (SSSR count). The summed E-state index contributed by atoms with van der Waals surface area (Å²) in [6.07, 6.45) is 0. The SMILES string of the molecule is Cc1cc(C(=O)N(C)Cc2ccccc2F)cc(NN)n1. The molecule has 0 aliphatic carbocycles. The first-order valence-corrected chi connectivity index (χ1v) is 6.45. The van der Waals surface area contributed by atoms with E-state index in [1.807, 2.05) is 0 Å². The minimum absolute atomic E-state index is 0.193. The van der Waals surface area contributed by atoms with Gasteiger partial charge in [-0.25, -0.2) is 15.2 Å². The smallest absolute Gasteiger partial charge is 0.254 e. The fourth-order valence-electron chi connectivity index (χ4n) is 2.04. The number of aromatic nitrogens is 1. The van der Waals surface area contributed by atoms with Crippen LogP contribution < -0.4 is 11.3 Å². The molecule has 1 aromatic heterocycles. The summed E-state index contributed by atoms with van der Waals surface area (Å²) >= 11 is 0. The normalized spacial score (nSPS) is 10.3. The zero-order valence-corrected chi connectivity index (χ0v) is 11.9. The van der Waals surface area contributed by atoms with Crippen molar-refractivity contribution in [2.45, 2.75) is 13.5 Å². The number of pyridine rings is 1. The summed E-state index contributed by atoms with van der Waals surface area (Å²) in [5.74, 6) is 5.19. The van der Waals surface area contributed by atoms with Crippen molar-refractivity contribution in [2.24, 2.45) is 5.84 Å². The van der Waals surface area contributed by atoms with Crippen molar-refractivity contribution in [1.82, 2.24) is 9.88 Å². The summed E-state index contributed by atoms with van der Waals surface area (Å²) in [6.45, 7) is 1.97. The van der Waals surface area contributed by atoms with Gasteiger partial charge >= 0.3 is 0 Å². The van der Waals surface area contributed by atoms with Gasteiger partial charge in [-0.05, 0) is 25.1 Å². The van der Waals surface area contributed by atoms with Crippen LogP contribution in [0.4, 0.5) is 10.2 Å². The second kappa shape index (κ2) is 6.32. The number of hydrogen-bond acceptors (Lipinski definition) is 4. The topological polar surface area (TPSA) is 71.2 Å². The van der Waals surface area contributed by atoms with Crippen LogP contribution in [0.25, 0.3) is 0 Å². The maximum atomic E-state index is 13.6. The van der Waals surface area contributed by atoms with Gasteiger partial charge in [-0.15, -0.1) is 0 Å². The van der Waals surface area contributed by atoms with Gasteiger partial charge in [0.05, 0.1) is 0 Å². The molecule has 0 atom stereocenters. The van der Waals surface area contributed by atoms with E-state index in [4.69, 9.17) is 5.84 Å². The molecule has 0 aliphatic heterocycles.